The summed E-state index contributed by atoms with van der Waals surface area (Å²) < 4.78 is 25.1. The molecular weight excluding hydrogens is 361 g/mol. The molecule has 0 bridgehead atoms. The van der Waals surface area contributed by atoms with Gasteiger partial charge in [0, 0.05) is 17.5 Å². The zero-order valence-electron chi connectivity index (χ0n) is 13.4. The van der Waals surface area contributed by atoms with Gasteiger partial charge in [0.15, 0.2) is 6.10 Å². The average Bonchev–Trinajstić information content (AvgIpc) is 3.19. The Morgan fingerprint density at radius 1 is 1.35 bits per heavy atom. The van der Waals surface area contributed by atoms with E-state index >= 15 is 0 Å². The molecule has 0 spiro atoms. The summed E-state index contributed by atoms with van der Waals surface area (Å²) in [6, 6.07) is 7.88. The fourth-order valence-electron chi connectivity index (χ4n) is 2.76. The summed E-state index contributed by atoms with van der Waals surface area (Å²) in [5.41, 5.74) is 7.08. The van der Waals surface area contributed by atoms with E-state index in [2.05, 4.69) is 16.6 Å². The summed E-state index contributed by atoms with van der Waals surface area (Å²) in [5.74, 6) is -0.378. The van der Waals surface area contributed by atoms with E-state index in [1.165, 1.54) is 6.07 Å². The molecule has 0 saturated heterocycles. The Morgan fingerprint density at radius 3 is 2.85 bits per heavy atom. The van der Waals surface area contributed by atoms with Gasteiger partial charge in [-0.2, -0.15) is 4.98 Å². The van der Waals surface area contributed by atoms with Crippen molar-refractivity contribution in [3.63, 3.8) is 0 Å². The van der Waals surface area contributed by atoms with Crippen LogP contribution in [0, 0.1) is 19.2 Å². The van der Waals surface area contributed by atoms with Crippen LogP contribution >= 0.6 is 11.6 Å². The van der Waals surface area contributed by atoms with Crippen molar-refractivity contribution in [2.45, 2.75) is 13.0 Å². The largest absolute Gasteiger partial charge is 0.479 e. The summed E-state index contributed by atoms with van der Waals surface area (Å²) >= 11 is 6.04. The zero-order valence-corrected chi connectivity index (χ0v) is 14.2. The fourth-order valence-corrected chi connectivity index (χ4v) is 2.97. The van der Waals surface area contributed by atoms with E-state index in [0.717, 1.165) is 0 Å². The number of primary amides is 1. The van der Waals surface area contributed by atoms with Crippen molar-refractivity contribution in [3.8, 4) is 28.3 Å². The lowest BCUT2D eigenvalue weighted by atomic mass is 9.97. The van der Waals surface area contributed by atoms with Gasteiger partial charge in [0.2, 0.25) is 11.7 Å². The molecule has 2 radical (unpaired) electrons. The van der Waals surface area contributed by atoms with Gasteiger partial charge in [-0.15, -0.1) is 0 Å². The molecule has 1 aliphatic heterocycles. The van der Waals surface area contributed by atoms with E-state index in [-0.39, 0.29) is 16.4 Å². The van der Waals surface area contributed by atoms with Crippen LogP contribution in [0.5, 0.6) is 5.75 Å². The molecule has 3 aromatic rings. The van der Waals surface area contributed by atoms with Gasteiger partial charge in [-0.3, -0.25) is 4.79 Å². The standard InChI is InChI=1S/C18H11ClFN3O3/c1-8-22-18(23-26-8)16-12(6-11(19)7-13(16)20)9-2-3-10-5-15(17(21)24)25-14(10)4-9/h2-4,6-7,15H,1H3,(H2,21,24). The van der Waals surface area contributed by atoms with E-state index in [1.54, 1.807) is 31.2 Å². The third-order valence-corrected chi connectivity index (χ3v) is 4.11. The molecule has 6 nitrogen and oxygen atoms in total. The number of aryl methyl sites for hydroxylation is 1. The van der Waals surface area contributed by atoms with Crippen molar-refractivity contribution in [2.75, 3.05) is 0 Å². The Bertz CT molecular complexity index is 1030. The van der Waals surface area contributed by atoms with Gasteiger partial charge in [0.1, 0.15) is 11.6 Å². The number of nitrogens with two attached hydrogens (primary N) is 1. The first kappa shape index (κ1) is 16.5. The topological polar surface area (TPSA) is 91.2 Å². The summed E-state index contributed by atoms with van der Waals surface area (Å²) in [6.07, 6.45) is 1.90. The predicted molar refractivity (Wildman–Crippen MR) is 90.8 cm³/mol. The number of fused-ring (bicyclic) bond motifs is 1. The van der Waals surface area contributed by atoms with Crippen LogP contribution in [0.1, 0.15) is 11.5 Å². The number of ether oxygens (including phenoxy) is 1. The zero-order chi connectivity index (χ0) is 18.4. The van der Waals surface area contributed by atoms with Crippen LogP contribution in [0.4, 0.5) is 4.39 Å². The van der Waals surface area contributed by atoms with Crippen LogP contribution in [-0.4, -0.2) is 22.2 Å². The van der Waals surface area contributed by atoms with Gasteiger partial charge < -0.3 is 15.0 Å². The minimum Gasteiger partial charge on any atom is -0.479 e. The quantitative estimate of drug-likeness (QED) is 0.763. The van der Waals surface area contributed by atoms with Crippen LogP contribution in [0.3, 0.4) is 0 Å². The molecule has 1 aromatic heterocycles. The van der Waals surface area contributed by atoms with Gasteiger partial charge in [-0.1, -0.05) is 28.9 Å². The Balaban J connectivity index is 1.85. The second-order valence-electron chi connectivity index (χ2n) is 5.70. The van der Waals surface area contributed by atoms with Crippen LogP contribution in [0.25, 0.3) is 22.5 Å². The van der Waals surface area contributed by atoms with Crippen molar-refractivity contribution in [2.24, 2.45) is 5.73 Å². The lowest BCUT2D eigenvalue weighted by molar-refractivity contribution is -0.122. The second kappa shape index (κ2) is 6.10. The fraction of sp³-hybridized carbons (Fsp3) is 0.111. The highest BCUT2D eigenvalue weighted by atomic mass is 35.5. The van der Waals surface area contributed by atoms with E-state index in [4.69, 9.17) is 26.6 Å². The Morgan fingerprint density at radius 2 is 2.15 bits per heavy atom. The number of hydrogen-bond donors (Lipinski definition) is 1. The van der Waals surface area contributed by atoms with Gasteiger partial charge in [-0.05, 0) is 29.3 Å². The van der Waals surface area contributed by atoms with Crippen LogP contribution in [0.15, 0.2) is 34.9 Å². The van der Waals surface area contributed by atoms with Crippen molar-refractivity contribution in [3.05, 3.63) is 59.0 Å². The average molecular weight is 372 g/mol. The lowest BCUT2D eigenvalue weighted by Gasteiger charge is -2.11. The molecule has 0 fully saturated rings. The Hall–Kier alpha value is -2.93. The maximum atomic E-state index is 14.6. The third-order valence-electron chi connectivity index (χ3n) is 3.89. The first-order valence-corrected chi connectivity index (χ1v) is 7.97. The van der Waals surface area contributed by atoms with E-state index in [1.807, 2.05) is 0 Å². The third kappa shape index (κ3) is 2.80. The smallest absolute Gasteiger partial charge is 0.259 e. The molecule has 26 heavy (non-hydrogen) atoms. The molecule has 0 aliphatic carbocycles. The molecule has 1 amide bonds. The monoisotopic (exact) mass is 371 g/mol. The number of benzene rings is 2. The minimum atomic E-state index is -0.948. The maximum Gasteiger partial charge on any atom is 0.259 e. The minimum absolute atomic E-state index is 0.112. The number of nitrogens with zero attached hydrogens (tertiary/aromatic N) is 2. The summed E-state index contributed by atoms with van der Waals surface area (Å²) in [5, 5.41) is 4.01. The molecule has 2 N–H and O–H groups in total. The predicted octanol–water partition coefficient (Wildman–Crippen LogP) is 3.18. The molecule has 0 saturated carbocycles. The number of carbonyl (C=O) groups is 1. The van der Waals surface area contributed by atoms with E-state index in [0.29, 0.717) is 28.3 Å². The first-order valence-electron chi connectivity index (χ1n) is 7.59. The van der Waals surface area contributed by atoms with Crippen molar-refractivity contribution >= 4 is 17.5 Å². The lowest BCUT2D eigenvalue weighted by Crippen LogP contribution is -2.30. The highest BCUT2D eigenvalue weighted by Crippen LogP contribution is 2.39. The van der Waals surface area contributed by atoms with Gasteiger partial charge >= 0.3 is 0 Å². The van der Waals surface area contributed by atoms with Crippen LogP contribution in [0.2, 0.25) is 5.02 Å². The number of hydrogen-bond acceptors (Lipinski definition) is 5. The highest BCUT2D eigenvalue weighted by molar-refractivity contribution is 6.31. The summed E-state index contributed by atoms with van der Waals surface area (Å²) in [4.78, 5) is 15.4. The number of halogens is 2. The summed E-state index contributed by atoms with van der Waals surface area (Å²) in [6.45, 7) is 1.61. The van der Waals surface area contributed by atoms with E-state index in [9.17, 15) is 9.18 Å². The number of amides is 1. The first-order chi connectivity index (χ1) is 12.4. The Labute approximate surface area is 152 Å². The number of rotatable bonds is 3. The number of carbonyl (C=O) groups excluding carboxylic acids is 1. The van der Waals surface area contributed by atoms with Gasteiger partial charge in [0.25, 0.3) is 5.91 Å². The van der Waals surface area contributed by atoms with Gasteiger partial charge in [0.05, 0.1) is 12.0 Å². The van der Waals surface area contributed by atoms with E-state index < -0.39 is 17.8 Å². The molecule has 2 heterocycles. The van der Waals surface area contributed by atoms with Crippen LogP contribution in [-0.2, 0) is 4.79 Å². The van der Waals surface area contributed by atoms with Gasteiger partial charge in [-0.25, -0.2) is 4.39 Å². The Kier molecular flexibility index (Phi) is 3.88. The molecule has 1 unspecified atom stereocenters. The maximum absolute atomic E-state index is 14.6. The van der Waals surface area contributed by atoms with Crippen molar-refractivity contribution < 1.29 is 18.4 Å². The molecule has 1 atom stereocenters. The molecule has 1 aliphatic rings. The highest BCUT2D eigenvalue weighted by Gasteiger charge is 2.29. The second-order valence-corrected chi connectivity index (χ2v) is 6.14. The van der Waals surface area contributed by atoms with Crippen molar-refractivity contribution in [1.29, 1.82) is 0 Å². The molecule has 4 rings (SSSR count). The SMILES string of the molecule is Cc1nc(-c2c(F)cc(Cl)cc2-c2ccc3c(c2)OC(C(N)=O)[C]3)no1. The molecule has 2 aromatic carbocycles. The van der Waals surface area contributed by atoms with Crippen LogP contribution < -0.4 is 10.5 Å². The molecule has 130 valence electrons. The van der Waals surface area contributed by atoms with Crippen molar-refractivity contribution in [1.82, 2.24) is 10.1 Å². The number of aromatic nitrogens is 2. The molecular formula is C18H11ClFN3O3. The molecule has 8 heteroatoms. The summed E-state index contributed by atoms with van der Waals surface area (Å²) in [7, 11) is 0. The normalized spacial score (nSPS) is 15.6.